The van der Waals surface area contributed by atoms with Crippen LogP contribution >= 0.6 is 23.2 Å². The van der Waals surface area contributed by atoms with Crippen LogP contribution in [-0.2, 0) is 14.4 Å². The van der Waals surface area contributed by atoms with E-state index in [1.54, 1.807) is 23.1 Å². The summed E-state index contributed by atoms with van der Waals surface area (Å²) in [5.74, 6) is -1.57. The number of carbonyl (C=O) groups is 3. The molecule has 1 aliphatic heterocycles. The second-order valence-corrected chi connectivity index (χ2v) is 12.2. The van der Waals surface area contributed by atoms with Crippen molar-refractivity contribution in [3.05, 3.63) is 62.9 Å². The van der Waals surface area contributed by atoms with Crippen LogP contribution in [0.5, 0.6) is 5.75 Å². The molecule has 1 N–H and O–H groups in total. The number of allylic oxidation sites excluding steroid dienone is 4. The lowest BCUT2D eigenvalue weighted by Gasteiger charge is -2.48. The van der Waals surface area contributed by atoms with Gasteiger partial charge in [0.15, 0.2) is 17.3 Å². The van der Waals surface area contributed by atoms with E-state index < -0.39 is 11.9 Å². The molecule has 0 radical (unpaired) electrons. The molecule has 0 aromatic heterocycles. The van der Waals surface area contributed by atoms with Crippen molar-refractivity contribution in [1.82, 2.24) is 4.90 Å². The fraction of sp³-hybridized carbons (Fsp3) is 0.464. The highest BCUT2D eigenvalue weighted by Gasteiger charge is 2.49. The number of halogens is 2. The molecule has 0 bridgehead atoms. The normalized spacial score (nSPS) is 21.3. The summed E-state index contributed by atoms with van der Waals surface area (Å²) in [4.78, 5) is 41.0. The van der Waals surface area contributed by atoms with Crippen LogP contribution in [-0.4, -0.2) is 40.7 Å². The summed E-state index contributed by atoms with van der Waals surface area (Å²) in [5.41, 5.74) is 2.21. The number of aliphatic carboxylic acids is 1. The number of carboxylic acid groups (broad SMARTS) is 1. The van der Waals surface area contributed by atoms with Crippen LogP contribution in [0.3, 0.4) is 0 Å². The summed E-state index contributed by atoms with van der Waals surface area (Å²) >= 11 is 13.1. The fourth-order valence-electron chi connectivity index (χ4n) is 5.73. The molecule has 6 nitrogen and oxygen atoms in total. The molecule has 2 aliphatic carbocycles. The van der Waals surface area contributed by atoms with Gasteiger partial charge in [-0.3, -0.25) is 14.4 Å². The average molecular weight is 532 g/mol. The van der Waals surface area contributed by atoms with Gasteiger partial charge in [-0.2, -0.15) is 0 Å². The van der Waals surface area contributed by atoms with Gasteiger partial charge >= 0.3 is 5.97 Å². The first-order valence-corrected chi connectivity index (χ1v) is 12.7. The molecule has 1 aromatic carbocycles. The minimum absolute atomic E-state index is 0.0925. The summed E-state index contributed by atoms with van der Waals surface area (Å²) in [5, 5.41) is 10.3. The van der Waals surface area contributed by atoms with Gasteiger partial charge in [0.05, 0.1) is 10.0 Å². The maximum atomic E-state index is 13.7. The van der Waals surface area contributed by atoms with Crippen molar-refractivity contribution in [2.75, 3.05) is 13.2 Å². The minimum Gasteiger partial charge on any atom is -0.486 e. The largest absolute Gasteiger partial charge is 0.486 e. The zero-order valence-corrected chi connectivity index (χ0v) is 22.6. The number of nitrogens with zero attached hydrogens (tertiary/aromatic N) is 1. The molecule has 3 aliphatic rings. The highest BCUT2D eigenvalue weighted by Crippen LogP contribution is 2.55. The van der Waals surface area contributed by atoms with E-state index in [0.717, 1.165) is 0 Å². The first kappa shape index (κ1) is 26.5. The molecule has 36 heavy (non-hydrogen) atoms. The molecule has 8 heteroatoms. The van der Waals surface area contributed by atoms with Crippen LogP contribution < -0.4 is 4.74 Å². The van der Waals surface area contributed by atoms with E-state index in [9.17, 15) is 19.5 Å². The molecular weight excluding hydrogens is 501 g/mol. The van der Waals surface area contributed by atoms with Gasteiger partial charge in [-0.25, -0.2) is 0 Å². The lowest BCUT2D eigenvalue weighted by Crippen LogP contribution is -2.45. The molecule has 0 saturated heterocycles. The zero-order chi connectivity index (χ0) is 26.6. The Labute approximate surface area is 221 Å². The molecule has 0 saturated carbocycles. The maximum absolute atomic E-state index is 13.7. The van der Waals surface area contributed by atoms with Gasteiger partial charge in [0, 0.05) is 41.3 Å². The van der Waals surface area contributed by atoms with Crippen LogP contribution in [0, 0.1) is 10.8 Å². The van der Waals surface area contributed by atoms with Crippen LogP contribution in [0.2, 0.25) is 10.0 Å². The SMILES string of the molecule is C=CCOc1c(Cl)cc(C2C3=C(CC(C)(C)CC3=O)N(CC(=O)O)C3=C2C(=O)CC(C)(C)C3)cc1Cl. The number of hydrogen-bond acceptors (Lipinski definition) is 5. The highest BCUT2D eigenvalue weighted by molar-refractivity contribution is 6.37. The number of ether oxygens (including phenoxy) is 1. The summed E-state index contributed by atoms with van der Waals surface area (Å²) < 4.78 is 5.62. The van der Waals surface area contributed by atoms with E-state index in [0.29, 0.717) is 59.5 Å². The fourth-order valence-corrected chi connectivity index (χ4v) is 6.35. The second-order valence-electron chi connectivity index (χ2n) is 11.4. The molecule has 1 heterocycles. The first-order valence-electron chi connectivity index (χ1n) is 12.0. The average Bonchev–Trinajstić information content (AvgIpc) is 2.72. The van der Waals surface area contributed by atoms with Gasteiger partial charge < -0.3 is 14.7 Å². The smallest absolute Gasteiger partial charge is 0.323 e. The van der Waals surface area contributed by atoms with Gasteiger partial charge in [-0.05, 0) is 41.4 Å². The molecule has 0 fully saturated rings. The van der Waals surface area contributed by atoms with E-state index in [2.05, 4.69) is 6.58 Å². The third kappa shape index (κ3) is 4.85. The van der Waals surface area contributed by atoms with Gasteiger partial charge in [-0.1, -0.05) is 63.6 Å². The third-order valence-corrected chi connectivity index (χ3v) is 7.58. The predicted molar refractivity (Wildman–Crippen MR) is 139 cm³/mol. The summed E-state index contributed by atoms with van der Waals surface area (Å²) in [6, 6.07) is 3.39. The van der Waals surface area contributed by atoms with E-state index >= 15 is 0 Å². The Morgan fingerprint density at radius 3 is 1.92 bits per heavy atom. The molecule has 0 unspecified atom stereocenters. The van der Waals surface area contributed by atoms with Crippen LogP contribution in [0.15, 0.2) is 47.3 Å². The third-order valence-electron chi connectivity index (χ3n) is 7.01. The van der Waals surface area contributed by atoms with Crippen molar-refractivity contribution in [2.45, 2.75) is 59.3 Å². The lowest BCUT2D eigenvalue weighted by atomic mass is 9.63. The minimum atomic E-state index is -1.02. The maximum Gasteiger partial charge on any atom is 0.323 e. The predicted octanol–water partition coefficient (Wildman–Crippen LogP) is 6.33. The van der Waals surface area contributed by atoms with Gasteiger partial charge in [0.25, 0.3) is 0 Å². The molecular formula is C28H31Cl2NO5. The summed E-state index contributed by atoms with van der Waals surface area (Å²) in [6.07, 6.45) is 3.22. The summed E-state index contributed by atoms with van der Waals surface area (Å²) in [6.45, 7) is 11.6. The van der Waals surface area contributed by atoms with Crippen molar-refractivity contribution in [2.24, 2.45) is 10.8 Å². The van der Waals surface area contributed by atoms with Gasteiger partial charge in [-0.15, -0.1) is 0 Å². The van der Waals surface area contributed by atoms with Crippen LogP contribution in [0.1, 0.15) is 64.9 Å². The Balaban J connectivity index is 1.99. The van der Waals surface area contributed by atoms with Gasteiger partial charge in [0.1, 0.15) is 13.2 Å². The Bertz CT molecular complexity index is 1160. The number of rotatable bonds is 6. The zero-order valence-electron chi connectivity index (χ0n) is 21.0. The number of carboxylic acids is 1. The molecule has 0 spiro atoms. The van der Waals surface area contributed by atoms with Crippen LogP contribution in [0.4, 0.5) is 0 Å². The Kier molecular flexibility index (Phi) is 6.91. The standard InChI is InChI=1S/C28H31Cl2NO5/c1-6-7-36-26-16(29)8-15(9-17(26)30)23-24-18(10-27(2,3)12-20(24)32)31(14-22(34)35)19-11-28(4,5)13-21(33)25(19)23/h6,8-9,23H,1,7,10-14H2,2-5H3,(H,34,35). The van der Waals surface area contributed by atoms with Crippen molar-refractivity contribution in [3.8, 4) is 5.75 Å². The molecule has 4 rings (SSSR count). The monoisotopic (exact) mass is 531 g/mol. The highest BCUT2D eigenvalue weighted by atomic mass is 35.5. The van der Waals surface area contributed by atoms with Gasteiger partial charge in [0.2, 0.25) is 0 Å². The molecule has 1 aromatic rings. The summed E-state index contributed by atoms with van der Waals surface area (Å²) in [7, 11) is 0. The molecule has 0 amide bonds. The Morgan fingerprint density at radius 1 is 1.03 bits per heavy atom. The topological polar surface area (TPSA) is 83.9 Å². The number of hydrogen-bond donors (Lipinski definition) is 1. The number of Topliss-reactive ketones (excluding diaryl/α,β-unsaturated/α-hetero) is 2. The number of carbonyl (C=O) groups excluding carboxylic acids is 2. The number of ketones is 2. The second kappa shape index (κ2) is 9.38. The van der Waals surface area contributed by atoms with E-state index in [4.69, 9.17) is 27.9 Å². The Hall–Kier alpha value is -2.57. The molecule has 0 atom stereocenters. The van der Waals surface area contributed by atoms with Crippen molar-refractivity contribution >= 4 is 40.7 Å². The van der Waals surface area contributed by atoms with E-state index in [-0.39, 0.29) is 45.6 Å². The Morgan fingerprint density at radius 2 is 1.50 bits per heavy atom. The molecule has 192 valence electrons. The van der Waals surface area contributed by atoms with Crippen LogP contribution in [0.25, 0.3) is 0 Å². The van der Waals surface area contributed by atoms with E-state index in [1.165, 1.54) is 0 Å². The van der Waals surface area contributed by atoms with Crippen molar-refractivity contribution in [1.29, 1.82) is 0 Å². The quantitative estimate of drug-likeness (QED) is 0.431. The van der Waals surface area contributed by atoms with Crippen molar-refractivity contribution in [3.63, 3.8) is 0 Å². The lowest BCUT2D eigenvalue weighted by molar-refractivity contribution is -0.138. The first-order chi connectivity index (χ1) is 16.7. The van der Waals surface area contributed by atoms with E-state index in [1.807, 2.05) is 27.7 Å². The van der Waals surface area contributed by atoms with Crippen molar-refractivity contribution < 1.29 is 24.2 Å². The number of benzene rings is 1.